The summed E-state index contributed by atoms with van der Waals surface area (Å²) >= 11 is 0. The van der Waals surface area contributed by atoms with Crippen molar-refractivity contribution in [1.29, 1.82) is 0 Å². The van der Waals surface area contributed by atoms with E-state index in [4.69, 9.17) is 5.73 Å². The third-order valence-electron chi connectivity index (χ3n) is 2.71. The van der Waals surface area contributed by atoms with Gasteiger partial charge in [0.15, 0.2) is 0 Å². The Morgan fingerprint density at radius 2 is 2.00 bits per heavy atom. The number of aryl methyl sites for hydroxylation is 2. The Kier molecular flexibility index (Phi) is 5.13. The molecular formula is C12H21N3O2S. The molecule has 0 unspecified atom stereocenters. The minimum atomic E-state index is -3.49. The summed E-state index contributed by atoms with van der Waals surface area (Å²) in [4.78, 5) is 0. The molecule has 1 rings (SSSR count). The van der Waals surface area contributed by atoms with E-state index < -0.39 is 10.2 Å². The van der Waals surface area contributed by atoms with Crippen LogP contribution in [0.5, 0.6) is 0 Å². The molecule has 0 saturated heterocycles. The van der Waals surface area contributed by atoms with Gasteiger partial charge in [0.25, 0.3) is 0 Å². The number of nitrogens with zero attached hydrogens (tertiary/aromatic N) is 1. The van der Waals surface area contributed by atoms with E-state index in [0.29, 0.717) is 25.2 Å². The van der Waals surface area contributed by atoms with Crippen LogP contribution in [0.15, 0.2) is 18.2 Å². The predicted molar refractivity (Wildman–Crippen MR) is 74.8 cm³/mol. The van der Waals surface area contributed by atoms with Crippen LogP contribution in [-0.4, -0.2) is 32.9 Å². The van der Waals surface area contributed by atoms with Crippen molar-refractivity contribution in [3.8, 4) is 0 Å². The monoisotopic (exact) mass is 271 g/mol. The highest BCUT2D eigenvalue weighted by atomic mass is 32.2. The summed E-state index contributed by atoms with van der Waals surface area (Å²) < 4.78 is 27.9. The molecule has 0 spiro atoms. The van der Waals surface area contributed by atoms with Crippen molar-refractivity contribution in [2.75, 3.05) is 24.9 Å². The lowest BCUT2D eigenvalue weighted by molar-refractivity contribution is 0.468. The molecule has 1 aromatic carbocycles. The molecule has 0 aromatic heterocycles. The second-order valence-corrected chi connectivity index (χ2v) is 6.17. The molecule has 0 heterocycles. The molecule has 3 N–H and O–H groups in total. The number of nitrogens with two attached hydrogens (primary N) is 1. The van der Waals surface area contributed by atoms with Gasteiger partial charge >= 0.3 is 10.2 Å². The summed E-state index contributed by atoms with van der Waals surface area (Å²) in [5.41, 5.74) is 7.99. The first-order valence-electron chi connectivity index (χ1n) is 5.88. The molecule has 0 aliphatic rings. The van der Waals surface area contributed by atoms with Gasteiger partial charge in [-0.2, -0.15) is 12.7 Å². The maximum atomic E-state index is 12.0. The summed E-state index contributed by atoms with van der Waals surface area (Å²) in [7, 11) is -1.95. The van der Waals surface area contributed by atoms with Crippen LogP contribution in [0.1, 0.15) is 17.5 Å². The molecule has 0 radical (unpaired) electrons. The lowest BCUT2D eigenvalue weighted by Crippen LogP contribution is -2.34. The second kappa shape index (κ2) is 6.17. The molecule has 0 aliphatic heterocycles. The molecule has 102 valence electrons. The molecule has 5 nitrogen and oxygen atoms in total. The van der Waals surface area contributed by atoms with Gasteiger partial charge in [-0.25, -0.2) is 0 Å². The van der Waals surface area contributed by atoms with Gasteiger partial charge in [-0.15, -0.1) is 0 Å². The number of rotatable bonds is 6. The standard InChI is InChI=1S/C12H21N3O2S/c1-10-5-6-12(11(2)9-10)14-18(16,17)15(3)8-4-7-13/h5-6,9,14H,4,7-8,13H2,1-3H3. The van der Waals surface area contributed by atoms with Crippen molar-refractivity contribution in [1.82, 2.24) is 4.31 Å². The normalized spacial score (nSPS) is 11.8. The SMILES string of the molecule is Cc1ccc(NS(=O)(=O)N(C)CCCN)c(C)c1. The molecule has 0 amide bonds. The zero-order valence-electron chi connectivity index (χ0n) is 11.1. The lowest BCUT2D eigenvalue weighted by Gasteiger charge is -2.19. The van der Waals surface area contributed by atoms with Gasteiger partial charge in [-0.3, -0.25) is 4.72 Å². The fraction of sp³-hybridized carbons (Fsp3) is 0.500. The molecule has 0 fully saturated rings. The van der Waals surface area contributed by atoms with Crippen molar-refractivity contribution < 1.29 is 8.42 Å². The number of hydrogen-bond donors (Lipinski definition) is 2. The van der Waals surface area contributed by atoms with Crippen LogP contribution in [-0.2, 0) is 10.2 Å². The van der Waals surface area contributed by atoms with Gasteiger partial charge in [-0.1, -0.05) is 17.7 Å². The van der Waals surface area contributed by atoms with Crippen LogP contribution < -0.4 is 10.5 Å². The van der Waals surface area contributed by atoms with Gasteiger partial charge < -0.3 is 5.73 Å². The number of anilines is 1. The molecule has 0 bridgehead atoms. The predicted octanol–water partition coefficient (Wildman–Crippen LogP) is 1.24. The lowest BCUT2D eigenvalue weighted by atomic mass is 10.1. The second-order valence-electron chi connectivity index (χ2n) is 4.39. The molecule has 0 atom stereocenters. The third-order valence-corrected chi connectivity index (χ3v) is 4.19. The maximum Gasteiger partial charge on any atom is 0.301 e. The van der Waals surface area contributed by atoms with Crippen molar-refractivity contribution in [2.45, 2.75) is 20.3 Å². The topological polar surface area (TPSA) is 75.4 Å². The van der Waals surface area contributed by atoms with E-state index in [1.807, 2.05) is 26.0 Å². The number of nitrogens with one attached hydrogen (secondary N) is 1. The zero-order chi connectivity index (χ0) is 13.8. The van der Waals surface area contributed by atoms with Gasteiger partial charge in [0.05, 0.1) is 5.69 Å². The van der Waals surface area contributed by atoms with E-state index in [9.17, 15) is 8.42 Å². The van der Waals surface area contributed by atoms with E-state index in [2.05, 4.69) is 4.72 Å². The van der Waals surface area contributed by atoms with E-state index in [0.717, 1.165) is 11.1 Å². The van der Waals surface area contributed by atoms with Crippen LogP contribution in [0, 0.1) is 13.8 Å². The fourth-order valence-electron chi connectivity index (χ4n) is 1.58. The van der Waals surface area contributed by atoms with E-state index >= 15 is 0 Å². The Bertz CT molecular complexity index is 500. The highest BCUT2D eigenvalue weighted by Gasteiger charge is 2.17. The summed E-state index contributed by atoms with van der Waals surface area (Å²) in [6, 6.07) is 5.60. The summed E-state index contributed by atoms with van der Waals surface area (Å²) in [5, 5.41) is 0. The van der Waals surface area contributed by atoms with Gasteiger partial charge in [0, 0.05) is 13.6 Å². The average Bonchev–Trinajstić information content (AvgIpc) is 2.29. The molecule has 0 aliphatic carbocycles. The Labute approximate surface area is 109 Å². The minimum Gasteiger partial charge on any atom is -0.330 e. The molecule has 1 aromatic rings. The van der Waals surface area contributed by atoms with Crippen LogP contribution in [0.4, 0.5) is 5.69 Å². The highest BCUT2D eigenvalue weighted by Crippen LogP contribution is 2.18. The summed E-state index contributed by atoms with van der Waals surface area (Å²) in [5.74, 6) is 0. The molecular weight excluding hydrogens is 250 g/mol. The zero-order valence-corrected chi connectivity index (χ0v) is 11.9. The maximum absolute atomic E-state index is 12.0. The van der Waals surface area contributed by atoms with E-state index in [-0.39, 0.29) is 0 Å². The average molecular weight is 271 g/mol. The smallest absolute Gasteiger partial charge is 0.301 e. The van der Waals surface area contributed by atoms with Crippen molar-refractivity contribution in [2.24, 2.45) is 5.73 Å². The Hall–Kier alpha value is -1.11. The number of benzene rings is 1. The largest absolute Gasteiger partial charge is 0.330 e. The van der Waals surface area contributed by atoms with Crippen molar-refractivity contribution in [3.05, 3.63) is 29.3 Å². The summed E-state index contributed by atoms with van der Waals surface area (Å²) in [6.45, 7) is 4.74. The fourth-order valence-corrected chi connectivity index (χ4v) is 2.61. The van der Waals surface area contributed by atoms with Crippen LogP contribution in [0.25, 0.3) is 0 Å². The van der Waals surface area contributed by atoms with Crippen LogP contribution in [0.2, 0.25) is 0 Å². The van der Waals surface area contributed by atoms with Crippen molar-refractivity contribution in [3.63, 3.8) is 0 Å². The van der Waals surface area contributed by atoms with Crippen LogP contribution in [0.3, 0.4) is 0 Å². The Morgan fingerprint density at radius 3 is 2.56 bits per heavy atom. The quantitative estimate of drug-likeness (QED) is 0.817. The van der Waals surface area contributed by atoms with Gasteiger partial charge in [0.2, 0.25) is 0 Å². The van der Waals surface area contributed by atoms with E-state index in [1.165, 1.54) is 4.31 Å². The van der Waals surface area contributed by atoms with Gasteiger partial charge in [0.1, 0.15) is 0 Å². The number of hydrogen-bond acceptors (Lipinski definition) is 3. The highest BCUT2D eigenvalue weighted by molar-refractivity contribution is 7.90. The van der Waals surface area contributed by atoms with Gasteiger partial charge in [-0.05, 0) is 38.4 Å². The molecule has 0 saturated carbocycles. The first kappa shape index (κ1) is 14.9. The molecule has 18 heavy (non-hydrogen) atoms. The van der Waals surface area contributed by atoms with E-state index in [1.54, 1.807) is 13.1 Å². The Morgan fingerprint density at radius 1 is 1.33 bits per heavy atom. The van der Waals surface area contributed by atoms with Crippen molar-refractivity contribution >= 4 is 15.9 Å². The molecule has 6 heteroatoms. The Balaban J connectivity index is 2.82. The summed E-state index contributed by atoms with van der Waals surface area (Å²) in [6.07, 6.45) is 0.643. The third kappa shape index (κ3) is 3.97. The minimum absolute atomic E-state index is 0.413. The first-order valence-corrected chi connectivity index (χ1v) is 7.32. The van der Waals surface area contributed by atoms with Crippen LogP contribution >= 0.6 is 0 Å². The first-order chi connectivity index (χ1) is 8.36.